The monoisotopic (exact) mass is 368 g/mol. The van der Waals surface area contributed by atoms with E-state index in [0.29, 0.717) is 37.3 Å². The second kappa shape index (κ2) is 5.73. The maximum atomic E-state index is 13.9. The Bertz CT molecular complexity index is 729. The lowest BCUT2D eigenvalue weighted by Crippen LogP contribution is -2.59. The summed E-state index contributed by atoms with van der Waals surface area (Å²) in [4.78, 5) is 23.0. The number of anilines is 2. The summed E-state index contributed by atoms with van der Waals surface area (Å²) >= 11 is 0. The Kier molecular flexibility index (Phi) is 3.83. The van der Waals surface area contributed by atoms with E-state index in [0.717, 1.165) is 6.92 Å². The van der Waals surface area contributed by atoms with Gasteiger partial charge in [-0.1, -0.05) is 0 Å². The first-order valence-electron chi connectivity index (χ1n) is 8.84. The SMILES string of the molecule is C[C@H]1[C@H](O)CN1c1nc(N2C[C@@H]3C(CC(=O)O)[C@@H]3C2)cc(C(C)(F)F)n1. The van der Waals surface area contributed by atoms with Gasteiger partial charge in [-0.05, 0) is 24.7 Å². The van der Waals surface area contributed by atoms with Crippen LogP contribution in [-0.2, 0) is 10.7 Å². The van der Waals surface area contributed by atoms with Gasteiger partial charge in [0.05, 0.1) is 12.1 Å². The average Bonchev–Trinajstić information content (AvgIpc) is 3.00. The van der Waals surface area contributed by atoms with Crippen LogP contribution in [0.25, 0.3) is 0 Å². The Morgan fingerprint density at radius 1 is 1.31 bits per heavy atom. The first-order chi connectivity index (χ1) is 12.1. The third kappa shape index (κ3) is 2.87. The molecule has 4 rings (SSSR count). The quantitative estimate of drug-likeness (QED) is 0.810. The highest BCUT2D eigenvalue weighted by Gasteiger charge is 2.56. The number of carbonyl (C=O) groups is 1. The number of piperidine rings is 1. The van der Waals surface area contributed by atoms with Crippen LogP contribution in [0.3, 0.4) is 0 Å². The summed E-state index contributed by atoms with van der Waals surface area (Å²) < 4.78 is 27.8. The summed E-state index contributed by atoms with van der Waals surface area (Å²) in [6.45, 7) is 4.19. The van der Waals surface area contributed by atoms with Crippen LogP contribution >= 0.6 is 0 Å². The van der Waals surface area contributed by atoms with Crippen molar-refractivity contribution in [3.05, 3.63) is 11.8 Å². The molecule has 5 atom stereocenters. The number of carboxylic acids is 1. The van der Waals surface area contributed by atoms with Crippen molar-refractivity contribution in [1.29, 1.82) is 0 Å². The Hall–Kier alpha value is -2.03. The molecule has 1 aromatic rings. The molecule has 3 fully saturated rings. The van der Waals surface area contributed by atoms with Crippen LogP contribution in [-0.4, -0.2) is 57.9 Å². The van der Waals surface area contributed by atoms with Crippen molar-refractivity contribution in [3.8, 4) is 0 Å². The second-order valence-electron chi connectivity index (χ2n) is 7.75. The molecule has 1 unspecified atom stereocenters. The predicted molar refractivity (Wildman–Crippen MR) is 89.4 cm³/mol. The van der Waals surface area contributed by atoms with Crippen molar-refractivity contribution >= 4 is 17.7 Å². The minimum Gasteiger partial charge on any atom is -0.481 e. The Labute approximate surface area is 149 Å². The normalized spacial score (nSPS) is 33.0. The minimum absolute atomic E-state index is 0.166. The molecule has 0 amide bonds. The number of aliphatic hydroxyl groups is 1. The van der Waals surface area contributed by atoms with Crippen molar-refractivity contribution in [2.45, 2.75) is 38.3 Å². The number of β-amino-alcohol motifs (C(OH)–C–C–N with tert-alkyl or cyclic N) is 1. The standard InChI is InChI=1S/C17H22F2N4O3/c1-8-12(24)7-23(8)16-20-13(17(2,18)19)4-14(21-16)22-5-10-9(3-15(25)26)11(10)6-22/h4,8-12,24H,3,5-7H2,1-2H3,(H,25,26)/t8-,9?,10-,11+,12+/m0/s1. The van der Waals surface area contributed by atoms with E-state index in [-0.39, 0.29) is 30.0 Å². The molecule has 1 aliphatic carbocycles. The summed E-state index contributed by atoms with van der Waals surface area (Å²) in [5.74, 6) is -2.46. The Morgan fingerprint density at radius 3 is 2.46 bits per heavy atom. The first-order valence-corrected chi connectivity index (χ1v) is 8.84. The van der Waals surface area contributed by atoms with Gasteiger partial charge in [0.25, 0.3) is 5.92 Å². The summed E-state index contributed by atoms with van der Waals surface area (Å²) in [7, 11) is 0. The fraction of sp³-hybridized carbons (Fsp3) is 0.706. The number of rotatable bonds is 5. The summed E-state index contributed by atoms with van der Waals surface area (Å²) in [5, 5.41) is 18.6. The van der Waals surface area contributed by atoms with E-state index in [1.807, 2.05) is 4.90 Å². The molecule has 0 spiro atoms. The largest absolute Gasteiger partial charge is 0.481 e. The number of carboxylic acid groups (broad SMARTS) is 1. The fourth-order valence-corrected chi connectivity index (χ4v) is 4.13. The van der Waals surface area contributed by atoms with E-state index in [2.05, 4.69) is 9.97 Å². The zero-order valence-electron chi connectivity index (χ0n) is 14.6. The first kappa shape index (κ1) is 17.4. The van der Waals surface area contributed by atoms with Crippen LogP contribution < -0.4 is 9.80 Å². The number of fused-ring (bicyclic) bond motifs is 1. The van der Waals surface area contributed by atoms with Crippen molar-refractivity contribution in [1.82, 2.24) is 9.97 Å². The highest BCUT2D eigenvalue weighted by Crippen LogP contribution is 2.54. The number of halogens is 2. The highest BCUT2D eigenvalue weighted by atomic mass is 19.3. The van der Waals surface area contributed by atoms with Gasteiger partial charge < -0.3 is 20.0 Å². The number of hydrogen-bond acceptors (Lipinski definition) is 6. The number of hydrogen-bond donors (Lipinski definition) is 2. The van der Waals surface area contributed by atoms with Crippen LogP contribution in [0.15, 0.2) is 6.07 Å². The maximum Gasteiger partial charge on any atom is 0.303 e. The average molecular weight is 368 g/mol. The molecule has 0 aromatic carbocycles. The summed E-state index contributed by atoms with van der Waals surface area (Å²) in [6.07, 6.45) is -0.344. The molecule has 26 heavy (non-hydrogen) atoms. The van der Waals surface area contributed by atoms with Gasteiger partial charge in [0, 0.05) is 39.0 Å². The summed E-state index contributed by atoms with van der Waals surface area (Å²) in [6, 6.07) is 1.11. The van der Waals surface area contributed by atoms with Crippen LogP contribution in [0.4, 0.5) is 20.5 Å². The second-order valence-corrected chi connectivity index (χ2v) is 7.75. The summed E-state index contributed by atoms with van der Waals surface area (Å²) in [5.41, 5.74) is -0.339. The van der Waals surface area contributed by atoms with Crippen LogP contribution in [0.1, 0.15) is 26.0 Å². The van der Waals surface area contributed by atoms with Gasteiger partial charge in [0.1, 0.15) is 11.5 Å². The molecule has 3 heterocycles. The lowest BCUT2D eigenvalue weighted by molar-refractivity contribution is -0.137. The van der Waals surface area contributed by atoms with Gasteiger partial charge in [-0.2, -0.15) is 13.8 Å². The number of aliphatic carboxylic acids is 1. The minimum atomic E-state index is -3.09. The van der Waals surface area contributed by atoms with Crippen LogP contribution in [0.2, 0.25) is 0 Å². The third-order valence-corrected chi connectivity index (χ3v) is 5.95. The van der Waals surface area contributed by atoms with Gasteiger partial charge in [-0.3, -0.25) is 4.79 Å². The Morgan fingerprint density at radius 2 is 1.96 bits per heavy atom. The third-order valence-electron chi connectivity index (χ3n) is 5.95. The topological polar surface area (TPSA) is 89.8 Å². The zero-order valence-corrected chi connectivity index (χ0v) is 14.6. The van der Waals surface area contributed by atoms with E-state index in [9.17, 15) is 18.7 Å². The van der Waals surface area contributed by atoms with Crippen molar-refractivity contribution < 1.29 is 23.8 Å². The molecule has 0 bridgehead atoms. The maximum absolute atomic E-state index is 13.9. The number of alkyl halides is 2. The van der Waals surface area contributed by atoms with Crippen molar-refractivity contribution in [2.75, 3.05) is 29.4 Å². The van der Waals surface area contributed by atoms with Crippen LogP contribution in [0.5, 0.6) is 0 Å². The van der Waals surface area contributed by atoms with Crippen molar-refractivity contribution in [3.63, 3.8) is 0 Å². The van der Waals surface area contributed by atoms with Gasteiger partial charge in [-0.25, -0.2) is 4.98 Å². The molecular weight excluding hydrogens is 346 g/mol. The molecule has 142 valence electrons. The smallest absolute Gasteiger partial charge is 0.303 e. The van der Waals surface area contributed by atoms with E-state index < -0.39 is 18.0 Å². The highest BCUT2D eigenvalue weighted by molar-refractivity contribution is 5.68. The molecule has 1 saturated carbocycles. The lowest BCUT2D eigenvalue weighted by atomic mass is 10.0. The van der Waals surface area contributed by atoms with Gasteiger partial charge in [-0.15, -0.1) is 0 Å². The van der Waals surface area contributed by atoms with Crippen LogP contribution in [0, 0.1) is 17.8 Å². The molecule has 3 aliphatic rings. The number of aliphatic hydroxyl groups excluding tert-OH is 1. The number of nitrogens with zero attached hydrogens (tertiary/aromatic N) is 4. The van der Waals surface area contributed by atoms with Gasteiger partial charge in [0.2, 0.25) is 5.95 Å². The van der Waals surface area contributed by atoms with Crippen molar-refractivity contribution in [2.24, 2.45) is 17.8 Å². The van der Waals surface area contributed by atoms with E-state index in [1.165, 1.54) is 6.07 Å². The molecule has 2 aliphatic heterocycles. The molecule has 1 aromatic heterocycles. The van der Waals surface area contributed by atoms with Gasteiger partial charge in [0.15, 0.2) is 0 Å². The number of aromatic nitrogens is 2. The van der Waals surface area contributed by atoms with E-state index in [4.69, 9.17) is 5.11 Å². The molecule has 0 radical (unpaired) electrons. The zero-order chi connectivity index (χ0) is 18.8. The molecule has 7 nitrogen and oxygen atoms in total. The lowest BCUT2D eigenvalue weighted by Gasteiger charge is -2.43. The fourth-order valence-electron chi connectivity index (χ4n) is 4.13. The predicted octanol–water partition coefficient (Wildman–Crippen LogP) is 1.31. The van der Waals surface area contributed by atoms with E-state index in [1.54, 1.807) is 11.8 Å². The molecule has 9 heteroatoms. The molecular formula is C17H22F2N4O3. The van der Waals surface area contributed by atoms with Gasteiger partial charge >= 0.3 is 5.97 Å². The molecule has 2 N–H and O–H groups in total. The Balaban J connectivity index is 1.56. The van der Waals surface area contributed by atoms with E-state index >= 15 is 0 Å². The molecule has 2 saturated heterocycles.